The van der Waals surface area contributed by atoms with E-state index in [1.54, 1.807) is 0 Å². The Labute approximate surface area is 251 Å². The second-order valence-electron chi connectivity index (χ2n) is 10.6. The number of fused-ring (bicyclic) bond motifs is 1. The van der Waals surface area contributed by atoms with Gasteiger partial charge in [0.1, 0.15) is 24.1 Å². The number of hydrogen-bond acceptors (Lipinski definition) is 10. The lowest BCUT2D eigenvalue weighted by Gasteiger charge is -2.20. The maximum atomic E-state index is 12.6. The highest BCUT2D eigenvalue weighted by Gasteiger charge is 2.44. The predicted molar refractivity (Wildman–Crippen MR) is 162 cm³/mol. The summed E-state index contributed by atoms with van der Waals surface area (Å²) in [5.41, 5.74) is 2.96. The number of ether oxygens (including phenoxy) is 2. The van der Waals surface area contributed by atoms with Crippen molar-refractivity contribution in [3.05, 3.63) is 83.9 Å². The third kappa shape index (κ3) is 7.20. The molecule has 1 fully saturated rings. The van der Waals surface area contributed by atoms with Gasteiger partial charge in [-0.3, -0.25) is 4.57 Å². The van der Waals surface area contributed by atoms with Crippen LogP contribution in [0, 0.1) is 0 Å². The largest absolute Gasteiger partial charge is 0.387 e. The van der Waals surface area contributed by atoms with Gasteiger partial charge in [0.25, 0.3) is 0 Å². The van der Waals surface area contributed by atoms with Crippen molar-refractivity contribution in [2.45, 2.75) is 56.8 Å². The minimum absolute atomic E-state index is 0.00545. The summed E-state index contributed by atoms with van der Waals surface area (Å²) in [6, 6.07) is 20.2. The highest BCUT2D eigenvalue weighted by atomic mass is 32.2. The molecule has 4 aromatic rings. The van der Waals surface area contributed by atoms with E-state index in [4.69, 9.17) is 9.47 Å². The molecule has 2 aromatic carbocycles. The third-order valence-corrected chi connectivity index (χ3v) is 8.91. The zero-order valence-electron chi connectivity index (χ0n) is 24.2. The van der Waals surface area contributed by atoms with Crippen LogP contribution in [-0.2, 0) is 26.0 Å². The zero-order chi connectivity index (χ0) is 30.4. The Bertz CT molecular complexity index is 1550. The number of unbranched alkanes of at least 4 members (excludes halogenated alkanes) is 1. The Morgan fingerprint density at radius 2 is 1.70 bits per heavy atom. The van der Waals surface area contributed by atoms with Crippen molar-refractivity contribution in [3.63, 3.8) is 0 Å². The first-order valence-electron chi connectivity index (χ1n) is 14.4. The van der Waals surface area contributed by atoms with Crippen molar-refractivity contribution in [1.82, 2.24) is 24.2 Å². The lowest BCUT2D eigenvalue weighted by Crippen LogP contribution is -2.33. The Balaban J connectivity index is 1.50. The molecule has 1 aliphatic heterocycles. The van der Waals surface area contributed by atoms with E-state index in [2.05, 4.69) is 49.3 Å². The van der Waals surface area contributed by atoms with Crippen molar-refractivity contribution >= 4 is 27.0 Å². The number of aliphatic hydroxyl groups excluding tert-OH is 2. The van der Waals surface area contributed by atoms with Crippen molar-refractivity contribution in [1.29, 1.82) is 0 Å². The fourth-order valence-electron chi connectivity index (χ4n) is 5.19. The second-order valence-corrected chi connectivity index (χ2v) is 12.5. The van der Waals surface area contributed by atoms with Gasteiger partial charge in [-0.05, 0) is 17.5 Å². The van der Waals surface area contributed by atoms with Crippen LogP contribution in [0.25, 0.3) is 11.2 Å². The van der Waals surface area contributed by atoms with Gasteiger partial charge in [-0.15, -0.1) is 0 Å². The predicted octanol–water partition coefficient (Wildman–Crippen LogP) is 2.56. The Hall–Kier alpha value is -3.46. The SMILES string of the molecule is CCCCS(=O)(=O)NCc1nc(NCC(c2ccccc2)c2ccccc2)c2ncn([C@@H]3O[C@H](COC)[C@@H](O)[C@@H]3O)c2n1. The van der Waals surface area contributed by atoms with Gasteiger partial charge in [-0.2, -0.15) is 0 Å². The van der Waals surface area contributed by atoms with E-state index in [0.717, 1.165) is 17.5 Å². The van der Waals surface area contributed by atoms with Crippen molar-refractivity contribution in [3.8, 4) is 0 Å². The van der Waals surface area contributed by atoms with Gasteiger partial charge in [0, 0.05) is 19.6 Å². The van der Waals surface area contributed by atoms with Crippen molar-refractivity contribution < 1.29 is 28.1 Å². The molecule has 0 aliphatic carbocycles. The van der Waals surface area contributed by atoms with Crippen molar-refractivity contribution in [2.24, 2.45) is 0 Å². The molecule has 1 saturated heterocycles. The van der Waals surface area contributed by atoms with Crippen LogP contribution in [0.15, 0.2) is 67.0 Å². The molecular formula is C30H38N6O6S. The molecule has 12 nitrogen and oxygen atoms in total. The van der Waals surface area contributed by atoms with Crippen LogP contribution in [0.3, 0.4) is 0 Å². The molecule has 13 heteroatoms. The fraction of sp³-hybridized carbons (Fsp3) is 0.433. The Kier molecular flexibility index (Phi) is 10.0. The van der Waals surface area contributed by atoms with Crippen LogP contribution in [0.1, 0.15) is 48.9 Å². The molecule has 0 bridgehead atoms. The fourth-order valence-corrected chi connectivity index (χ4v) is 6.35. The molecule has 0 unspecified atom stereocenters. The molecule has 3 heterocycles. The number of anilines is 1. The van der Waals surface area contributed by atoms with Gasteiger partial charge in [0.15, 0.2) is 23.2 Å². The molecule has 230 valence electrons. The third-order valence-electron chi connectivity index (χ3n) is 7.50. The van der Waals surface area contributed by atoms with Crippen LogP contribution >= 0.6 is 0 Å². The Morgan fingerprint density at radius 3 is 2.33 bits per heavy atom. The van der Waals surface area contributed by atoms with Crippen LogP contribution < -0.4 is 10.0 Å². The second kappa shape index (κ2) is 13.9. The highest BCUT2D eigenvalue weighted by Crippen LogP contribution is 2.33. The summed E-state index contributed by atoms with van der Waals surface area (Å²) in [6.45, 7) is 2.35. The highest BCUT2D eigenvalue weighted by molar-refractivity contribution is 7.89. The zero-order valence-corrected chi connectivity index (χ0v) is 25.0. The lowest BCUT2D eigenvalue weighted by molar-refractivity contribution is -0.0580. The summed E-state index contributed by atoms with van der Waals surface area (Å²) < 4.78 is 40.3. The normalized spacial score (nSPS) is 20.7. The summed E-state index contributed by atoms with van der Waals surface area (Å²) in [5.74, 6) is 0.612. The number of sulfonamides is 1. The van der Waals surface area contributed by atoms with E-state index in [1.165, 1.54) is 18.0 Å². The van der Waals surface area contributed by atoms with E-state index in [0.29, 0.717) is 29.9 Å². The number of methoxy groups -OCH3 is 1. The lowest BCUT2D eigenvalue weighted by atomic mass is 9.91. The van der Waals surface area contributed by atoms with E-state index in [-0.39, 0.29) is 30.6 Å². The van der Waals surface area contributed by atoms with Gasteiger partial charge in [0.05, 0.1) is 25.2 Å². The van der Waals surface area contributed by atoms with Crippen LogP contribution in [0.5, 0.6) is 0 Å². The van der Waals surface area contributed by atoms with Gasteiger partial charge < -0.3 is 25.0 Å². The molecule has 0 saturated carbocycles. The molecule has 2 aromatic heterocycles. The average molecular weight is 611 g/mol. The van der Waals surface area contributed by atoms with Crippen molar-refractivity contribution in [2.75, 3.05) is 31.3 Å². The van der Waals surface area contributed by atoms with Crippen LogP contribution in [-0.4, -0.2) is 82.5 Å². The standard InChI is InChI=1S/C30H38N6O6S/c1-3-4-15-43(39,40)33-17-24-34-28(31-16-22(20-11-7-5-8-12-20)21-13-9-6-10-14-21)25-29(35-24)36(19-32-25)30-27(38)26(37)23(42-30)18-41-2/h5-14,19,22-23,26-27,30,33,37-38H,3-4,15-18H2,1-2H3,(H,31,34,35)/t23-,26-,27+,30-/m1/s1. The average Bonchev–Trinajstić information content (AvgIpc) is 3.57. The number of benzene rings is 2. The maximum Gasteiger partial charge on any atom is 0.212 e. The van der Waals surface area contributed by atoms with E-state index >= 15 is 0 Å². The van der Waals surface area contributed by atoms with Gasteiger partial charge >= 0.3 is 0 Å². The van der Waals surface area contributed by atoms with E-state index in [1.807, 2.05) is 43.3 Å². The van der Waals surface area contributed by atoms with Crippen LogP contribution in [0.2, 0.25) is 0 Å². The first-order valence-corrected chi connectivity index (χ1v) is 16.0. The molecule has 4 N–H and O–H groups in total. The number of hydrogen-bond donors (Lipinski definition) is 4. The number of imidazole rings is 1. The molecule has 43 heavy (non-hydrogen) atoms. The maximum absolute atomic E-state index is 12.6. The summed E-state index contributed by atoms with van der Waals surface area (Å²) in [5, 5.41) is 24.8. The number of nitrogens with zero attached hydrogens (tertiary/aromatic N) is 4. The number of nitrogens with one attached hydrogen (secondary N) is 2. The molecule has 0 spiro atoms. The van der Waals surface area contributed by atoms with Gasteiger partial charge in [-0.1, -0.05) is 74.0 Å². The summed E-state index contributed by atoms with van der Waals surface area (Å²) in [7, 11) is -2.05. The molecule has 0 radical (unpaired) electrons. The summed E-state index contributed by atoms with van der Waals surface area (Å²) in [4.78, 5) is 13.8. The monoisotopic (exact) mass is 610 g/mol. The molecule has 1 aliphatic rings. The topological polar surface area (TPSA) is 161 Å². The summed E-state index contributed by atoms with van der Waals surface area (Å²) in [6.07, 6.45) is -1.41. The van der Waals surface area contributed by atoms with E-state index < -0.39 is 34.6 Å². The molecule has 5 rings (SSSR count). The number of aliphatic hydroxyl groups is 2. The molecular weight excluding hydrogens is 572 g/mol. The smallest absolute Gasteiger partial charge is 0.212 e. The minimum Gasteiger partial charge on any atom is -0.387 e. The molecule has 0 amide bonds. The first kappa shape index (κ1) is 31.0. The first-order chi connectivity index (χ1) is 20.8. The van der Waals surface area contributed by atoms with Crippen LogP contribution in [0.4, 0.5) is 5.82 Å². The van der Waals surface area contributed by atoms with E-state index in [9.17, 15) is 18.6 Å². The quantitative estimate of drug-likeness (QED) is 0.167. The molecule has 4 atom stereocenters. The summed E-state index contributed by atoms with van der Waals surface area (Å²) >= 11 is 0. The number of rotatable bonds is 14. The van der Waals surface area contributed by atoms with Gasteiger partial charge in [0.2, 0.25) is 10.0 Å². The Morgan fingerprint density at radius 1 is 1.02 bits per heavy atom. The number of aromatic nitrogens is 4. The minimum atomic E-state index is -3.53. The van der Waals surface area contributed by atoms with Gasteiger partial charge in [-0.25, -0.2) is 28.1 Å².